The number of nitrogens with zero attached hydrogens (tertiary/aromatic N) is 1. The van der Waals surface area contributed by atoms with Gasteiger partial charge < -0.3 is 9.64 Å². The van der Waals surface area contributed by atoms with Crippen LogP contribution in [0.4, 0.5) is 0 Å². The second-order valence-corrected chi connectivity index (χ2v) is 8.66. The van der Waals surface area contributed by atoms with Crippen molar-refractivity contribution in [2.45, 2.75) is 38.1 Å². The number of amides is 1. The molecule has 3 rings (SSSR count). The van der Waals surface area contributed by atoms with Crippen molar-refractivity contribution in [2.24, 2.45) is 11.3 Å². The Balaban J connectivity index is 1.47. The van der Waals surface area contributed by atoms with E-state index >= 15 is 0 Å². The van der Waals surface area contributed by atoms with Crippen LogP contribution in [0.2, 0.25) is 0 Å². The van der Waals surface area contributed by atoms with Crippen LogP contribution in [0, 0.1) is 11.3 Å². The van der Waals surface area contributed by atoms with E-state index in [9.17, 15) is 13.2 Å². The van der Waals surface area contributed by atoms with Crippen molar-refractivity contribution in [3.63, 3.8) is 0 Å². The normalized spacial score (nSPS) is 29.6. The SMILES string of the molecule is CS(=O)(=O)NC1CC2(CCN(C(=O)C3CCOC3)CC2)C1. The quantitative estimate of drug-likeness (QED) is 0.815. The molecule has 0 aromatic heterocycles. The number of nitrogens with one attached hydrogen (secondary N) is 1. The lowest BCUT2D eigenvalue weighted by Gasteiger charge is -2.52. The molecule has 2 saturated heterocycles. The second-order valence-electron chi connectivity index (χ2n) is 6.88. The fraction of sp³-hybridized carbons (Fsp3) is 0.929. The first-order valence-corrected chi connectivity index (χ1v) is 9.60. The topological polar surface area (TPSA) is 75.7 Å². The summed E-state index contributed by atoms with van der Waals surface area (Å²) in [6, 6.07) is 0.0884. The summed E-state index contributed by atoms with van der Waals surface area (Å²) in [4.78, 5) is 14.3. The minimum atomic E-state index is -3.10. The molecule has 0 radical (unpaired) electrons. The average Bonchev–Trinajstić information content (AvgIpc) is 2.89. The smallest absolute Gasteiger partial charge is 0.228 e. The number of sulfonamides is 1. The summed E-state index contributed by atoms with van der Waals surface area (Å²) >= 11 is 0. The Hall–Kier alpha value is -0.660. The van der Waals surface area contributed by atoms with Crippen LogP contribution < -0.4 is 4.72 Å². The molecule has 2 aliphatic heterocycles. The largest absolute Gasteiger partial charge is 0.381 e. The van der Waals surface area contributed by atoms with Crippen LogP contribution in [-0.4, -0.2) is 57.8 Å². The maximum atomic E-state index is 12.3. The molecule has 1 saturated carbocycles. The molecule has 1 unspecified atom stereocenters. The predicted molar refractivity (Wildman–Crippen MR) is 78.2 cm³/mol. The monoisotopic (exact) mass is 316 g/mol. The minimum Gasteiger partial charge on any atom is -0.381 e. The highest BCUT2D eigenvalue weighted by Crippen LogP contribution is 2.49. The highest BCUT2D eigenvalue weighted by atomic mass is 32.2. The molecule has 21 heavy (non-hydrogen) atoms. The Bertz CT molecular complexity index is 497. The van der Waals surface area contributed by atoms with Crippen molar-refractivity contribution in [3.05, 3.63) is 0 Å². The molecule has 1 amide bonds. The van der Waals surface area contributed by atoms with Gasteiger partial charge >= 0.3 is 0 Å². The first kappa shape index (κ1) is 15.2. The summed E-state index contributed by atoms with van der Waals surface area (Å²) in [5.74, 6) is 0.299. The van der Waals surface area contributed by atoms with E-state index in [2.05, 4.69) is 4.72 Å². The van der Waals surface area contributed by atoms with Crippen LogP contribution in [-0.2, 0) is 19.6 Å². The number of hydrogen-bond donors (Lipinski definition) is 1. The van der Waals surface area contributed by atoms with E-state index in [1.165, 1.54) is 6.26 Å². The third-order valence-electron chi connectivity index (χ3n) is 5.15. The fourth-order valence-corrected chi connectivity index (χ4v) is 4.74. The number of hydrogen-bond acceptors (Lipinski definition) is 4. The number of carbonyl (C=O) groups excluding carboxylic acids is 1. The van der Waals surface area contributed by atoms with Gasteiger partial charge in [0.05, 0.1) is 18.8 Å². The maximum Gasteiger partial charge on any atom is 0.228 e. The molecule has 1 N–H and O–H groups in total. The van der Waals surface area contributed by atoms with E-state index < -0.39 is 10.0 Å². The van der Waals surface area contributed by atoms with Gasteiger partial charge in [0, 0.05) is 25.7 Å². The Morgan fingerprint density at radius 1 is 1.29 bits per heavy atom. The Morgan fingerprint density at radius 3 is 2.48 bits per heavy atom. The third kappa shape index (κ3) is 3.40. The predicted octanol–water partition coefficient (Wildman–Crippen LogP) is 0.343. The lowest BCUT2D eigenvalue weighted by molar-refractivity contribution is -0.139. The van der Waals surface area contributed by atoms with Crippen LogP contribution in [0.15, 0.2) is 0 Å². The number of likely N-dealkylation sites (tertiary alicyclic amines) is 1. The minimum absolute atomic E-state index is 0.0556. The first-order chi connectivity index (χ1) is 9.87. The molecule has 6 nitrogen and oxygen atoms in total. The van der Waals surface area contributed by atoms with Gasteiger partial charge in [-0.15, -0.1) is 0 Å². The van der Waals surface area contributed by atoms with E-state index in [-0.39, 0.29) is 23.3 Å². The van der Waals surface area contributed by atoms with Crippen LogP contribution in [0.1, 0.15) is 32.1 Å². The van der Waals surface area contributed by atoms with Gasteiger partial charge in [-0.25, -0.2) is 13.1 Å². The van der Waals surface area contributed by atoms with E-state index in [1.807, 2.05) is 4.90 Å². The summed E-state index contributed by atoms with van der Waals surface area (Å²) in [7, 11) is -3.10. The molecule has 3 aliphatic rings. The Kier molecular flexibility index (Phi) is 4.00. The van der Waals surface area contributed by atoms with Crippen LogP contribution in [0.25, 0.3) is 0 Å². The van der Waals surface area contributed by atoms with Gasteiger partial charge in [-0.05, 0) is 37.5 Å². The van der Waals surface area contributed by atoms with E-state index in [4.69, 9.17) is 4.74 Å². The average molecular weight is 316 g/mol. The molecule has 1 spiro atoms. The zero-order chi connectivity index (χ0) is 15.1. The van der Waals surface area contributed by atoms with Crippen molar-refractivity contribution >= 4 is 15.9 Å². The van der Waals surface area contributed by atoms with Crippen molar-refractivity contribution < 1.29 is 17.9 Å². The summed E-state index contributed by atoms with van der Waals surface area (Å²) in [5.41, 5.74) is 0.255. The first-order valence-electron chi connectivity index (χ1n) is 7.71. The molecule has 0 aromatic carbocycles. The van der Waals surface area contributed by atoms with Crippen molar-refractivity contribution in [1.29, 1.82) is 0 Å². The molecule has 0 bridgehead atoms. The standard InChI is InChI=1S/C14H24N2O4S/c1-21(18,19)15-12-8-14(9-12)3-5-16(6-4-14)13(17)11-2-7-20-10-11/h11-12,15H,2-10H2,1H3. The molecule has 2 heterocycles. The molecule has 1 atom stereocenters. The third-order valence-corrected chi connectivity index (χ3v) is 5.92. The summed E-state index contributed by atoms with van der Waals surface area (Å²) in [6.07, 6.45) is 5.87. The van der Waals surface area contributed by atoms with Gasteiger partial charge in [0.2, 0.25) is 15.9 Å². The molecule has 3 fully saturated rings. The molecule has 120 valence electrons. The second kappa shape index (κ2) is 5.52. The lowest BCUT2D eigenvalue weighted by atomic mass is 9.60. The fourth-order valence-electron chi connectivity index (χ4n) is 3.97. The summed E-state index contributed by atoms with van der Waals surface area (Å²) in [5, 5.41) is 0. The number of rotatable bonds is 3. The number of piperidine rings is 1. The number of carbonyl (C=O) groups is 1. The molecule has 7 heteroatoms. The molecular formula is C14H24N2O4S. The van der Waals surface area contributed by atoms with Crippen LogP contribution in [0.3, 0.4) is 0 Å². The Morgan fingerprint density at radius 2 is 1.95 bits per heavy atom. The van der Waals surface area contributed by atoms with Crippen LogP contribution >= 0.6 is 0 Å². The highest BCUT2D eigenvalue weighted by Gasteiger charge is 2.47. The van der Waals surface area contributed by atoms with E-state index in [0.29, 0.717) is 13.2 Å². The van der Waals surface area contributed by atoms with Gasteiger partial charge in [-0.1, -0.05) is 0 Å². The van der Waals surface area contributed by atoms with E-state index in [1.54, 1.807) is 0 Å². The summed E-state index contributed by atoms with van der Waals surface area (Å²) in [6.45, 7) is 2.88. The van der Waals surface area contributed by atoms with Gasteiger partial charge in [0.15, 0.2) is 0 Å². The zero-order valence-corrected chi connectivity index (χ0v) is 13.3. The van der Waals surface area contributed by atoms with Gasteiger partial charge in [-0.3, -0.25) is 4.79 Å². The number of ether oxygens (including phenoxy) is 1. The summed E-state index contributed by atoms with van der Waals surface area (Å²) < 4.78 is 30.4. The van der Waals surface area contributed by atoms with Gasteiger partial charge in [-0.2, -0.15) is 0 Å². The van der Waals surface area contributed by atoms with Crippen molar-refractivity contribution in [2.75, 3.05) is 32.6 Å². The maximum absolute atomic E-state index is 12.3. The Labute approximate surface area is 126 Å². The van der Waals surface area contributed by atoms with E-state index in [0.717, 1.165) is 45.2 Å². The highest BCUT2D eigenvalue weighted by molar-refractivity contribution is 7.88. The molecule has 0 aromatic rings. The van der Waals surface area contributed by atoms with Crippen LogP contribution in [0.5, 0.6) is 0 Å². The van der Waals surface area contributed by atoms with Crippen molar-refractivity contribution in [1.82, 2.24) is 9.62 Å². The molecular weight excluding hydrogens is 292 g/mol. The van der Waals surface area contributed by atoms with Gasteiger partial charge in [0.1, 0.15) is 0 Å². The lowest BCUT2D eigenvalue weighted by Crippen LogP contribution is -2.55. The van der Waals surface area contributed by atoms with Gasteiger partial charge in [0.25, 0.3) is 0 Å². The zero-order valence-electron chi connectivity index (χ0n) is 12.5. The van der Waals surface area contributed by atoms with Crippen molar-refractivity contribution in [3.8, 4) is 0 Å². The molecule has 1 aliphatic carbocycles.